The fourth-order valence-electron chi connectivity index (χ4n) is 3.96. The number of benzene rings is 2. The van der Waals surface area contributed by atoms with Crippen molar-refractivity contribution in [3.05, 3.63) is 66.4 Å². The summed E-state index contributed by atoms with van der Waals surface area (Å²) in [5.41, 5.74) is 3.85. The molecule has 166 valence electrons. The molecule has 1 fully saturated rings. The Balaban J connectivity index is 0.00000272. The van der Waals surface area contributed by atoms with E-state index in [2.05, 4.69) is 85.9 Å². The number of guanidine groups is 1. The van der Waals surface area contributed by atoms with Gasteiger partial charge in [0, 0.05) is 57.2 Å². The molecule has 2 heterocycles. The van der Waals surface area contributed by atoms with Crippen molar-refractivity contribution in [1.29, 1.82) is 0 Å². The van der Waals surface area contributed by atoms with E-state index in [1.807, 2.05) is 7.05 Å². The predicted molar refractivity (Wildman–Crippen MR) is 140 cm³/mol. The van der Waals surface area contributed by atoms with Gasteiger partial charge in [-0.05, 0) is 35.6 Å². The number of ether oxygens (including phenoxy) is 1. The minimum atomic E-state index is 0. The predicted octanol–water partition coefficient (Wildman–Crippen LogP) is 3.85. The van der Waals surface area contributed by atoms with Gasteiger partial charge in [-0.15, -0.1) is 24.0 Å². The van der Waals surface area contributed by atoms with Crippen LogP contribution in [0.4, 0.5) is 5.69 Å². The highest BCUT2D eigenvalue weighted by Crippen LogP contribution is 2.21. The first kappa shape index (κ1) is 23.4. The average molecular weight is 533 g/mol. The molecule has 6 nitrogen and oxygen atoms in total. The molecule has 7 heteroatoms. The van der Waals surface area contributed by atoms with Gasteiger partial charge in [0.25, 0.3) is 0 Å². The normalized spacial score (nSPS) is 14.4. The molecule has 31 heavy (non-hydrogen) atoms. The van der Waals surface area contributed by atoms with Crippen molar-refractivity contribution in [2.75, 3.05) is 44.8 Å². The number of hydrogen-bond donors (Lipinski definition) is 2. The number of rotatable bonds is 7. The van der Waals surface area contributed by atoms with Crippen LogP contribution in [0.25, 0.3) is 10.9 Å². The Morgan fingerprint density at radius 2 is 1.77 bits per heavy atom. The van der Waals surface area contributed by atoms with Crippen LogP contribution in [0.3, 0.4) is 0 Å². The van der Waals surface area contributed by atoms with E-state index in [-0.39, 0.29) is 24.0 Å². The highest BCUT2D eigenvalue weighted by Gasteiger charge is 2.14. The van der Waals surface area contributed by atoms with Crippen molar-refractivity contribution in [2.24, 2.45) is 4.99 Å². The van der Waals surface area contributed by atoms with Crippen molar-refractivity contribution in [3.63, 3.8) is 0 Å². The Labute approximate surface area is 201 Å². The molecular weight excluding hydrogens is 501 g/mol. The maximum Gasteiger partial charge on any atom is 0.191 e. The average Bonchev–Trinajstić information content (AvgIpc) is 3.22. The third-order valence-electron chi connectivity index (χ3n) is 5.56. The third-order valence-corrected chi connectivity index (χ3v) is 5.56. The number of morpholine rings is 1. The van der Waals surface area contributed by atoms with Crippen LogP contribution in [0.5, 0.6) is 0 Å². The number of aromatic nitrogens is 1. The zero-order chi connectivity index (χ0) is 20.6. The molecule has 0 amide bonds. The monoisotopic (exact) mass is 533 g/mol. The third kappa shape index (κ3) is 6.13. The Kier molecular flexibility index (Phi) is 9.02. The van der Waals surface area contributed by atoms with Gasteiger partial charge in [-0.3, -0.25) is 4.99 Å². The SMILES string of the molecule is CN=C(NCCCn1ccc2ccccc21)NCc1ccccc1N1CCOCC1.I. The van der Waals surface area contributed by atoms with Gasteiger partial charge in [0.05, 0.1) is 13.2 Å². The summed E-state index contributed by atoms with van der Waals surface area (Å²) in [6, 6.07) is 19.3. The molecule has 1 saturated heterocycles. The van der Waals surface area contributed by atoms with Crippen LogP contribution in [0, 0.1) is 0 Å². The van der Waals surface area contributed by atoms with Crippen LogP contribution in [-0.4, -0.2) is 50.4 Å². The molecule has 0 bridgehead atoms. The quantitative estimate of drug-likeness (QED) is 0.210. The minimum Gasteiger partial charge on any atom is -0.378 e. The summed E-state index contributed by atoms with van der Waals surface area (Å²) in [5, 5.41) is 8.20. The topological polar surface area (TPSA) is 53.8 Å². The summed E-state index contributed by atoms with van der Waals surface area (Å²) in [6.07, 6.45) is 3.20. The largest absolute Gasteiger partial charge is 0.378 e. The van der Waals surface area contributed by atoms with Crippen molar-refractivity contribution in [2.45, 2.75) is 19.5 Å². The Morgan fingerprint density at radius 3 is 2.61 bits per heavy atom. The molecule has 3 aromatic rings. The maximum absolute atomic E-state index is 5.49. The molecule has 0 spiro atoms. The molecule has 0 aliphatic carbocycles. The molecular formula is C24H32IN5O. The number of fused-ring (bicyclic) bond motifs is 1. The van der Waals surface area contributed by atoms with Gasteiger partial charge >= 0.3 is 0 Å². The minimum absolute atomic E-state index is 0. The molecule has 1 aliphatic heterocycles. The Bertz CT molecular complexity index is 981. The number of nitrogens with zero attached hydrogens (tertiary/aromatic N) is 3. The van der Waals surface area contributed by atoms with E-state index in [0.717, 1.165) is 58.3 Å². The zero-order valence-electron chi connectivity index (χ0n) is 18.1. The Morgan fingerprint density at radius 1 is 1.00 bits per heavy atom. The molecule has 0 radical (unpaired) electrons. The van der Waals surface area contributed by atoms with E-state index in [1.54, 1.807) is 0 Å². The number of anilines is 1. The Hall–Kier alpha value is -2.26. The van der Waals surface area contributed by atoms with Crippen molar-refractivity contribution >= 4 is 46.5 Å². The highest BCUT2D eigenvalue weighted by molar-refractivity contribution is 14.0. The summed E-state index contributed by atoms with van der Waals surface area (Å²) in [5.74, 6) is 0.837. The van der Waals surface area contributed by atoms with Gasteiger partial charge in [0.2, 0.25) is 0 Å². The molecule has 1 aromatic heterocycles. The summed E-state index contributed by atoms with van der Waals surface area (Å²) < 4.78 is 7.81. The number of nitrogens with one attached hydrogen (secondary N) is 2. The van der Waals surface area contributed by atoms with Crippen molar-refractivity contribution < 1.29 is 4.74 Å². The van der Waals surface area contributed by atoms with Gasteiger partial charge in [0.15, 0.2) is 5.96 Å². The van der Waals surface area contributed by atoms with Crippen molar-refractivity contribution in [1.82, 2.24) is 15.2 Å². The number of aryl methyl sites for hydroxylation is 1. The number of aliphatic imine (C=N–C) groups is 1. The maximum atomic E-state index is 5.49. The zero-order valence-corrected chi connectivity index (χ0v) is 20.4. The molecule has 2 N–H and O–H groups in total. The van der Waals surface area contributed by atoms with Gasteiger partial charge in [-0.2, -0.15) is 0 Å². The van der Waals surface area contributed by atoms with E-state index in [9.17, 15) is 0 Å². The molecule has 4 rings (SSSR count). The van der Waals surface area contributed by atoms with E-state index in [1.165, 1.54) is 22.2 Å². The van der Waals surface area contributed by atoms with Crippen LogP contribution in [0.1, 0.15) is 12.0 Å². The van der Waals surface area contributed by atoms with Gasteiger partial charge < -0.3 is 24.8 Å². The summed E-state index contributed by atoms with van der Waals surface area (Å²) >= 11 is 0. The van der Waals surface area contributed by atoms with E-state index < -0.39 is 0 Å². The first-order valence-corrected chi connectivity index (χ1v) is 10.7. The van der Waals surface area contributed by atoms with Crippen LogP contribution in [0.2, 0.25) is 0 Å². The molecule has 2 aromatic carbocycles. The smallest absolute Gasteiger partial charge is 0.191 e. The summed E-state index contributed by atoms with van der Waals surface area (Å²) in [6.45, 7) is 6.07. The fourth-order valence-corrected chi connectivity index (χ4v) is 3.96. The lowest BCUT2D eigenvalue weighted by molar-refractivity contribution is 0.122. The molecule has 1 aliphatic rings. The van der Waals surface area contributed by atoms with Gasteiger partial charge in [0.1, 0.15) is 0 Å². The van der Waals surface area contributed by atoms with E-state index >= 15 is 0 Å². The standard InChI is InChI=1S/C24H31N5O.HI/c1-25-24(26-12-6-13-28-14-11-20-7-2-4-9-22(20)28)27-19-21-8-3-5-10-23(21)29-15-17-30-18-16-29;/h2-5,7-11,14H,6,12-13,15-19H2,1H3,(H2,25,26,27);1H. The molecule has 0 unspecified atom stereocenters. The van der Waals surface area contributed by atoms with Crippen molar-refractivity contribution in [3.8, 4) is 0 Å². The first-order chi connectivity index (χ1) is 14.8. The molecule has 0 saturated carbocycles. The van der Waals surface area contributed by atoms with Crippen LogP contribution < -0.4 is 15.5 Å². The number of halogens is 1. The second-order valence-corrected chi connectivity index (χ2v) is 7.50. The van der Waals surface area contributed by atoms with E-state index in [0.29, 0.717) is 0 Å². The van der Waals surface area contributed by atoms with Crippen LogP contribution >= 0.6 is 24.0 Å². The molecule has 0 atom stereocenters. The fraction of sp³-hybridized carbons (Fsp3) is 0.375. The summed E-state index contributed by atoms with van der Waals surface area (Å²) in [4.78, 5) is 6.78. The van der Waals surface area contributed by atoms with Crippen LogP contribution in [-0.2, 0) is 17.8 Å². The van der Waals surface area contributed by atoms with E-state index in [4.69, 9.17) is 4.74 Å². The van der Waals surface area contributed by atoms with Crippen LogP contribution in [0.15, 0.2) is 65.8 Å². The second-order valence-electron chi connectivity index (χ2n) is 7.50. The lowest BCUT2D eigenvalue weighted by Gasteiger charge is -2.30. The van der Waals surface area contributed by atoms with Gasteiger partial charge in [-0.25, -0.2) is 0 Å². The lowest BCUT2D eigenvalue weighted by Crippen LogP contribution is -2.39. The lowest BCUT2D eigenvalue weighted by atomic mass is 10.1. The number of hydrogen-bond acceptors (Lipinski definition) is 3. The highest BCUT2D eigenvalue weighted by atomic mass is 127. The first-order valence-electron chi connectivity index (χ1n) is 10.7. The number of para-hydroxylation sites is 2. The second kappa shape index (κ2) is 12.0. The van der Waals surface area contributed by atoms with Gasteiger partial charge in [-0.1, -0.05) is 36.4 Å². The summed E-state index contributed by atoms with van der Waals surface area (Å²) in [7, 11) is 1.82.